The van der Waals surface area contributed by atoms with E-state index in [1.54, 1.807) is 62.3 Å². The zero-order valence-electron chi connectivity index (χ0n) is 25.7. The van der Waals surface area contributed by atoms with E-state index < -0.39 is 58.8 Å². The summed E-state index contributed by atoms with van der Waals surface area (Å²) in [7, 11) is 0. The van der Waals surface area contributed by atoms with Crippen molar-refractivity contribution in [3.05, 3.63) is 0 Å². The number of nitrogens with one attached hydrogen (secondary N) is 3. The van der Waals surface area contributed by atoms with E-state index in [1.165, 1.54) is 0 Å². The van der Waals surface area contributed by atoms with Crippen LogP contribution in [-0.4, -0.2) is 71.1 Å². The molecular formula is C28H51N3O9. The maximum atomic E-state index is 13.1. The number of unbranched alkanes of at least 4 members (excludes halogenated alkanes) is 2. The lowest BCUT2D eigenvalue weighted by Gasteiger charge is -2.23. The van der Waals surface area contributed by atoms with E-state index in [0.717, 1.165) is 0 Å². The minimum atomic E-state index is -1.19. The summed E-state index contributed by atoms with van der Waals surface area (Å²) >= 11 is 0. The van der Waals surface area contributed by atoms with E-state index >= 15 is 0 Å². The minimum absolute atomic E-state index is 0.149. The fourth-order valence-corrected chi connectivity index (χ4v) is 3.46. The summed E-state index contributed by atoms with van der Waals surface area (Å²) in [5.41, 5.74) is -1.96. The number of esters is 1. The van der Waals surface area contributed by atoms with Crippen molar-refractivity contribution in [2.45, 2.75) is 130 Å². The molecule has 12 heteroatoms. The lowest BCUT2D eigenvalue weighted by Crippen LogP contribution is -2.44. The average Bonchev–Trinajstić information content (AvgIpc) is 2.72. The number of carboxylic acid groups (broad SMARTS) is 1. The standard InChI is InChI=1S/C28H51N3O9/c1-26(2,3)38-21(32)18-19(14-10-12-16-29-24(36)39-27(4,5)6)22(33)31-20(23(34)35)15-11-13-17-30-25(37)40-28(7,8)9/h19-20H,10-18H2,1-9H3,(H,29,36)(H,30,37)(H,31,33)(H,34,35)/t19-,20+/m1/s1. The van der Waals surface area contributed by atoms with Crippen LogP contribution in [0, 0.1) is 5.92 Å². The molecule has 0 unspecified atom stereocenters. The topological polar surface area (TPSA) is 169 Å². The first-order valence-electron chi connectivity index (χ1n) is 13.9. The van der Waals surface area contributed by atoms with Gasteiger partial charge in [-0.25, -0.2) is 14.4 Å². The SMILES string of the molecule is CC(C)(C)OC(=O)C[C@@H](CCCCNC(=O)OC(C)(C)C)C(=O)N[C@@H](CCCCNC(=O)OC(C)(C)C)C(=O)O. The van der Waals surface area contributed by atoms with Gasteiger partial charge in [0.15, 0.2) is 0 Å². The highest BCUT2D eigenvalue weighted by Gasteiger charge is 2.29. The van der Waals surface area contributed by atoms with Crippen molar-refractivity contribution in [3.63, 3.8) is 0 Å². The van der Waals surface area contributed by atoms with Gasteiger partial charge >= 0.3 is 24.1 Å². The highest BCUT2D eigenvalue weighted by atomic mass is 16.6. The summed E-state index contributed by atoms with van der Waals surface area (Å²) in [4.78, 5) is 60.8. The van der Waals surface area contributed by atoms with Gasteiger partial charge in [-0.3, -0.25) is 9.59 Å². The second-order valence-corrected chi connectivity index (χ2v) is 12.7. The van der Waals surface area contributed by atoms with Crippen LogP contribution >= 0.6 is 0 Å². The molecule has 0 spiro atoms. The maximum Gasteiger partial charge on any atom is 0.407 e. The maximum absolute atomic E-state index is 13.1. The zero-order chi connectivity index (χ0) is 31.1. The molecule has 4 N–H and O–H groups in total. The lowest BCUT2D eigenvalue weighted by molar-refractivity contribution is -0.157. The van der Waals surface area contributed by atoms with Crippen molar-refractivity contribution in [1.82, 2.24) is 16.0 Å². The van der Waals surface area contributed by atoms with Crippen molar-refractivity contribution < 1.29 is 43.3 Å². The molecule has 0 aliphatic rings. The van der Waals surface area contributed by atoms with Crippen LogP contribution in [0.5, 0.6) is 0 Å². The first-order valence-corrected chi connectivity index (χ1v) is 13.9. The molecule has 0 aromatic rings. The van der Waals surface area contributed by atoms with Crippen LogP contribution in [-0.2, 0) is 28.6 Å². The molecule has 0 bridgehead atoms. The fourth-order valence-electron chi connectivity index (χ4n) is 3.46. The average molecular weight is 574 g/mol. The Bertz CT molecular complexity index is 839. The van der Waals surface area contributed by atoms with Gasteiger partial charge in [-0.2, -0.15) is 0 Å². The van der Waals surface area contributed by atoms with Crippen molar-refractivity contribution >= 4 is 30.0 Å². The molecule has 232 valence electrons. The van der Waals surface area contributed by atoms with Crippen molar-refractivity contribution in [3.8, 4) is 0 Å². The van der Waals surface area contributed by atoms with Gasteiger partial charge in [0.1, 0.15) is 22.8 Å². The minimum Gasteiger partial charge on any atom is -0.480 e. The quantitative estimate of drug-likeness (QED) is 0.127. The third kappa shape index (κ3) is 20.9. The summed E-state index contributed by atoms with van der Waals surface area (Å²) in [6.07, 6.45) is 1.11. The van der Waals surface area contributed by atoms with Crippen LogP contribution in [0.25, 0.3) is 0 Å². The molecular weight excluding hydrogens is 522 g/mol. The van der Waals surface area contributed by atoms with Crippen LogP contribution in [0.15, 0.2) is 0 Å². The molecule has 0 aromatic heterocycles. The van der Waals surface area contributed by atoms with Gasteiger partial charge in [0, 0.05) is 19.0 Å². The van der Waals surface area contributed by atoms with Crippen molar-refractivity contribution in [2.75, 3.05) is 13.1 Å². The largest absolute Gasteiger partial charge is 0.480 e. The summed E-state index contributed by atoms with van der Waals surface area (Å²) in [5.74, 6) is -3.09. The Morgan fingerprint density at radius 3 is 1.48 bits per heavy atom. The van der Waals surface area contributed by atoms with Gasteiger partial charge in [0.2, 0.25) is 5.91 Å². The molecule has 0 saturated heterocycles. The Morgan fingerprint density at radius 1 is 0.650 bits per heavy atom. The molecule has 0 aromatic carbocycles. The first-order chi connectivity index (χ1) is 18.2. The number of rotatable bonds is 15. The molecule has 0 rings (SSSR count). The van der Waals surface area contributed by atoms with Gasteiger partial charge in [-0.1, -0.05) is 6.42 Å². The molecule has 0 saturated carbocycles. The molecule has 40 heavy (non-hydrogen) atoms. The number of aliphatic carboxylic acids is 1. The van der Waals surface area contributed by atoms with Crippen LogP contribution < -0.4 is 16.0 Å². The monoisotopic (exact) mass is 573 g/mol. The van der Waals surface area contributed by atoms with Crippen LogP contribution in [0.1, 0.15) is 107 Å². The predicted molar refractivity (Wildman–Crippen MR) is 150 cm³/mol. The van der Waals surface area contributed by atoms with Crippen LogP contribution in [0.4, 0.5) is 9.59 Å². The molecule has 0 aliphatic heterocycles. The molecule has 2 atom stereocenters. The fraction of sp³-hybridized carbons (Fsp3) is 0.821. The summed E-state index contributed by atoms with van der Waals surface area (Å²) in [5, 5.41) is 17.5. The van der Waals surface area contributed by atoms with E-state index in [9.17, 15) is 29.1 Å². The Morgan fingerprint density at radius 2 is 1.07 bits per heavy atom. The van der Waals surface area contributed by atoms with Gasteiger partial charge in [-0.15, -0.1) is 0 Å². The number of carboxylic acids is 1. The normalized spacial score (nSPS) is 13.4. The number of amides is 3. The number of alkyl carbamates (subject to hydrolysis) is 2. The Balaban J connectivity index is 4.94. The van der Waals surface area contributed by atoms with E-state index in [2.05, 4.69) is 16.0 Å². The number of ether oxygens (including phenoxy) is 3. The number of hydrogen-bond acceptors (Lipinski definition) is 8. The van der Waals surface area contributed by atoms with E-state index in [0.29, 0.717) is 45.2 Å². The summed E-state index contributed by atoms with van der Waals surface area (Å²) in [6.45, 7) is 16.3. The third-order valence-electron chi connectivity index (χ3n) is 5.05. The Labute approximate surface area is 238 Å². The Hall–Kier alpha value is -3.05. The third-order valence-corrected chi connectivity index (χ3v) is 5.05. The van der Waals surface area contributed by atoms with Crippen LogP contribution in [0.2, 0.25) is 0 Å². The van der Waals surface area contributed by atoms with E-state index in [-0.39, 0.29) is 12.8 Å². The summed E-state index contributed by atoms with van der Waals surface area (Å²) in [6, 6.07) is -1.15. The van der Waals surface area contributed by atoms with E-state index in [1.807, 2.05) is 0 Å². The highest BCUT2D eigenvalue weighted by Crippen LogP contribution is 2.18. The predicted octanol–water partition coefficient (Wildman–Crippen LogP) is 4.29. The van der Waals surface area contributed by atoms with Gasteiger partial charge in [-0.05, 0) is 94.4 Å². The molecule has 0 aliphatic carbocycles. The molecule has 3 amide bonds. The number of carbonyl (C=O) groups is 5. The molecule has 0 heterocycles. The van der Waals surface area contributed by atoms with Gasteiger partial charge in [0.05, 0.1) is 6.42 Å². The second kappa shape index (κ2) is 16.9. The van der Waals surface area contributed by atoms with Crippen LogP contribution in [0.3, 0.4) is 0 Å². The summed E-state index contributed by atoms with van der Waals surface area (Å²) < 4.78 is 15.7. The van der Waals surface area contributed by atoms with Gasteiger partial charge in [0.25, 0.3) is 0 Å². The number of carbonyl (C=O) groups excluding carboxylic acids is 4. The highest BCUT2D eigenvalue weighted by molar-refractivity contribution is 5.87. The van der Waals surface area contributed by atoms with Crippen molar-refractivity contribution in [2.24, 2.45) is 5.92 Å². The van der Waals surface area contributed by atoms with Gasteiger partial charge < -0.3 is 35.3 Å². The first kappa shape index (κ1) is 37.0. The molecule has 12 nitrogen and oxygen atoms in total. The Kier molecular flexibility index (Phi) is 15.6. The zero-order valence-corrected chi connectivity index (χ0v) is 25.7. The molecule has 0 radical (unpaired) electrons. The number of hydrogen-bond donors (Lipinski definition) is 4. The second-order valence-electron chi connectivity index (χ2n) is 12.7. The van der Waals surface area contributed by atoms with Crippen molar-refractivity contribution in [1.29, 1.82) is 0 Å². The molecule has 0 fully saturated rings. The smallest absolute Gasteiger partial charge is 0.407 e. The van der Waals surface area contributed by atoms with E-state index in [4.69, 9.17) is 14.2 Å². The lowest BCUT2D eigenvalue weighted by atomic mass is 9.96.